The summed E-state index contributed by atoms with van der Waals surface area (Å²) in [5.41, 5.74) is 1.94. The fourth-order valence-corrected chi connectivity index (χ4v) is 2.99. The number of likely N-dealkylation sites (tertiary alicyclic amines) is 1. The van der Waals surface area contributed by atoms with Gasteiger partial charge >= 0.3 is 0 Å². The minimum absolute atomic E-state index is 0.250. The Hall–Kier alpha value is -1.55. The van der Waals surface area contributed by atoms with Gasteiger partial charge in [0.2, 0.25) is 5.91 Å². The lowest BCUT2D eigenvalue weighted by molar-refractivity contribution is -0.131. The molecule has 0 saturated carbocycles. The van der Waals surface area contributed by atoms with Crippen LogP contribution in [0.3, 0.4) is 0 Å². The lowest BCUT2D eigenvalue weighted by atomic mass is 9.96. The Bertz CT molecular complexity index is 629. The van der Waals surface area contributed by atoms with E-state index < -0.39 is 0 Å². The van der Waals surface area contributed by atoms with Gasteiger partial charge in [-0.05, 0) is 31.0 Å². The smallest absolute Gasteiger partial charge is 0.222 e. The Morgan fingerprint density at radius 3 is 2.90 bits per heavy atom. The van der Waals surface area contributed by atoms with E-state index in [2.05, 4.69) is 9.97 Å². The van der Waals surface area contributed by atoms with Crippen LogP contribution in [-0.4, -0.2) is 33.9 Å². The molecule has 106 valence electrons. The molecule has 1 fully saturated rings. The van der Waals surface area contributed by atoms with Gasteiger partial charge in [-0.2, -0.15) is 0 Å². The lowest BCUT2D eigenvalue weighted by Crippen LogP contribution is -2.37. The van der Waals surface area contributed by atoms with Crippen molar-refractivity contribution in [1.82, 2.24) is 14.9 Å². The zero-order valence-electron chi connectivity index (χ0n) is 11.5. The molecular weight excluding hydrogens is 274 g/mol. The molecule has 1 saturated heterocycles. The largest absolute Gasteiger partial charge is 0.343 e. The van der Waals surface area contributed by atoms with Crippen molar-refractivity contribution in [2.24, 2.45) is 0 Å². The molecule has 0 unspecified atom stereocenters. The summed E-state index contributed by atoms with van der Waals surface area (Å²) in [6.45, 7) is 3.57. The topological polar surface area (TPSA) is 49.0 Å². The van der Waals surface area contributed by atoms with Crippen molar-refractivity contribution in [2.45, 2.75) is 32.1 Å². The van der Waals surface area contributed by atoms with Gasteiger partial charge in [-0.15, -0.1) is 0 Å². The Morgan fingerprint density at radius 2 is 2.20 bits per heavy atom. The summed E-state index contributed by atoms with van der Waals surface area (Å²) in [5, 5.41) is 0.719. The van der Waals surface area contributed by atoms with E-state index in [1.807, 2.05) is 30.0 Å². The zero-order chi connectivity index (χ0) is 14.1. The molecule has 4 nitrogen and oxygen atoms in total. The summed E-state index contributed by atoms with van der Waals surface area (Å²) >= 11 is 5.99. The van der Waals surface area contributed by atoms with E-state index in [1.165, 1.54) is 0 Å². The monoisotopic (exact) mass is 291 g/mol. The highest BCUT2D eigenvalue weighted by Crippen LogP contribution is 2.28. The van der Waals surface area contributed by atoms with Crippen LogP contribution in [0.1, 0.15) is 37.9 Å². The van der Waals surface area contributed by atoms with Crippen molar-refractivity contribution in [1.29, 1.82) is 0 Å². The van der Waals surface area contributed by atoms with Crippen LogP contribution >= 0.6 is 11.6 Å². The molecule has 1 aliphatic rings. The van der Waals surface area contributed by atoms with Gasteiger partial charge in [0.05, 0.1) is 11.0 Å². The van der Waals surface area contributed by atoms with Crippen molar-refractivity contribution < 1.29 is 4.79 Å². The van der Waals surface area contributed by atoms with Crippen LogP contribution in [-0.2, 0) is 4.79 Å². The van der Waals surface area contributed by atoms with Gasteiger partial charge in [-0.25, -0.2) is 4.98 Å². The highest BCUT2D eigenvalue weighted by atomic mass is 35.5. The number of amides is 1. The molecule has 0 radical (unpaired) electrons. The van der Waals surface area contributed by atoms with Crippen LogP contribution in [0.25, 0.3) is 11.0 Å². The van der Waals surface area contributed by atoms with Gasteiger partial charge in [-0.3, -0.25) is 4.79 Å². The minimum Gasteiger partial charge on any atom is -0.343 e. The second kappa shape index (κ2) is 5.44. The second-order valence-corrected chi connectivity index (χ2v) is 5.73. The van der Waals surface area contributed by atoms with E-state index in [1.54, 1.807) is 0 Å². The maximum Gasteiger partial charge on any atom is 0.222 e. The molecule has 0 atom stereocenters. The van der Waals surface area contributed by atoms with Gasteiger partial charge in [0, 0.05) is 30.5 Å². The molecule has 1 amide bonds. The number of benzene rings is 1. The molecule has 2 heterocycles. The first-order valence-electron chi connectivity index (χ1n) is 7.10. The number of rotatable bonds is 2. The maximum atomic E-state index is 11.7. The first-order chi connectivity index (χ1) is 9.67. The van der Waals surface area contributed by atoms with Crippen molar-refractivity contribution in [3.05, 3.63) is 29.0 Å². The fourth-order valence-electron chi connectivity index (χ4n) is 2.82. The van der Waals surface area contributed by atoms with Crippen LogP contribution in [0.4, 0.5) is 0 Å². The van der Waals surface area contributed by atoms with E-state index in [-0.39, 0.29) is 5.91 Å². The number of halogens is 1. The van der Waals surface area contributed by atoms with Gasteiger partial charge in [0.15, 0.2) is 0 Å². The standard InChI is InChI=1S/C15H18ClN3O/c1-2-14(20)19-7-5-10(6-8-19)15-17-12-4-3-11(16)9-13(12)18-15/h3-4,9-10H,2,5-8H2,1H3,(H,17,18). The van der Waals surface area contributed by atoms with Crippen molar-refractivity contribution in [2.75, 3.05) is 13.1 Å². The molecule has 1 N–H and O–H groups in total. The highest BCUT2D eigenvalue weighted by molar-refractivity contribution is 6.31. The number of imidazole rings is 1. The number of H-pyrrole nitrogens is 1. The quantitative estimate of drug-likeness (QED) is 0.922. The van der Waals surface area contributed by atoms with Gasteiger partial charge in [0.25, 0.3) is 0 Å². The van der Waals surface area contributed by atoms with E-state index in [9.17, 15) is 4.79 Å². The Kier molecular flexibility index (Phi) is 3.66. The number of aromatic nitrogens is 2. The number of piperidine rings is 1. The van der Waals surface area contributed by atoms with Crippen LogP contribution in [0.2, 0.25) is 5.02 Å². The number of fused-ring (bicyclic) bond motifs is 1. The Labute approximate surface area is 123 Å². The van der Waals surface area contributed by atoms with Crippen molar-refractivity contribution >= 4 is 28.5 Å². The molecule has 1 aromatic heterocycles. The van der Waals surface area contributed by atoms with Crippen LogP contribution in [0.15, 0.2) is 18.2 Å². The molecule has 1 aliphatic heterocycles. The van der Waals surface area contributed by atoms with Crippen LogP contribution < -0.4 is 0 Å². The lowest BCUT2D eigenvalue weighted by Gasteiger charge is -2.30. The third kappa shape index (κ3) is 2.52. The van der Waals surface area contributed by atoms with E-state index in [4.69, 9.17) is 11.6 Å². The normalized spacial score (nSPS) is 16.8. The average molecular weight is 292 g/mol. The molecule has 0 aliphatic carbocycles. The summed E-state index contributed by atoms with van der Waals surface area (Å²) in [6.07, 6.45) is 2.53. The van der Waals surface area contributed by atoms with Gasteiger partial charge in [0.1, 0.15) is 5.82 Å². The number of hydrogen-bond acceptors (Lipinski definition) is 2. The molecule has 0 spiro atoms. The maximum absolute atomic E-state index is 11.7. The molecule has 5 heteroatoms. The predicted molar refractivity (Wildman–Crippen MR) is 79.9 cm³/mol. The van der Waals surface area contributed by atoms with E-state index in [0.29, 0.717) is 12.3 Å². The predicted octanol–water partition coefficient (Wildman–Crippen LogP) is 3.33. The first-order valence-corrected chi connectivity index (χ1v) is 7.48. The Morgan fingerprint density at radius 1 is 1.45 bits per heavy atom. The molecule has 3 rings (SSSR count). The summed E-state index contributed by atoms with van der Waals surface area (Å²) < 4.78 is 0. The van der Waals surface area contributed by atoms with E-state index >= 15 is 0 Å². The van der Waals surface area contributed by atoms with Gasteiger partial charge in [-0.1, -0.05) is 18.5 Å². The van der Waals surface area contributed by atoms with Gasteiger partial charge < -0.3 is 9.88 Å². The third-order valence-electron chi connectivity index (χ3n) is 4.00. The number of carbonyl (C=O) groups excluding carboxylic acids is 1. The third-order valence-corrected chi connectivity index (χ3v) is 4.23. The first kappa shape index (κ1) is 13.4. The number of aromatic amines is 1. The Balaban J connectivity index is 1.75. The van der Waals surface area contributed by atoms with Crippen molar-refractivity contribution in [3.63, 3.8) is 0 Å². The molecule has 0 bridgehead atoms. The van der Waals surface area contributed by atoms with Crippen molar-refractivity contribution in [3.8, 4) is 0 Å². The summed E-state index contributed by atoms with van der Waals surface area (Å²) in [6, 6.07) is 5.70. The highest BCUT2D eigenvalue weighted by Gasteiger charge is 2.24. The fraction of sp³-hybridized carbons (Fsp3) is 0.467. The molecule has 2 aromatic rings. The molecule has 1 aromatic carbocycles. The summed E-state index contributed by atoms with van der Waals surface area (Å²) in [5.74, 6) is 1.67. The zero-order valence-corrected chi connectivity index (χ0v) is 12.3. The number of hydrogen-bond donors (Lipinski definition) is 1. The second-order valence-electron chi connectivity index (χ2n) is 5.29. The van der Waals surface area contributed by atoms with Crippen LogP contribution in [0, 0.1) is 0 Å². The molecule has 20 heavy (non-hydrogen) atoms. The van der Waals surface area contributed by atoms with E-state index in [0.717, 1.165) is 47.8 Å². The number of carbonyl (C=O) groups is 1. The van der Waals surface area contributed by atoms with Crippen LogP contribution in [0.5, 0.6) is 0 Å². The average Bonchev–Trinajstić information content (AvgIpc) is 2.89. The minimum atomic E-state index is 0.250. The molecular formula is C15H18ClN3O. The SMILES string of the molecule is CCC(=O)N1CCC(c2nc3ccc(Cl)cc3[nH]2)CC1. The number of nitrogens with one attached hydrogen (secondary N) is 1. The summed E-state index contributed by atoms with van der Waals surface area (Å²) in [4.78, 5) is 21.6. The summed E-state index contributed by atoms with van der Waals surface area (Å²) in [7, 11) is 0. The number of nitrogens with zero attached hydrogens (tertiary/aromatic N) is 2.